The maximum Gasteiger partial charge on any atom is 0.417 e. The fraction of sp³-hybridized carbons (Fsp3) is 0.520. The molecule has 0 radical (unpaired) electrons. The molecule has 0 bridgehead atoms. The van der Waals surface area contributed by atoms with Gasteiger partial charge >= 0.3 is 18.5 Å². The van der Waals surface area contributed by atoms with Crippen LogP contribution in [0.3, 0.4) is 0 Å². The first-order valence-electron chi connectivity index (χ1n) is 12.6. The topological polar surface area (TPSA) is 85.8 Å². The predicted molar refractivity (Wildman–Crippen MR) is 128 cm³/mol. The molecule has 0 saturated heterocycles. The monoisotopic (exact) mass is 595 g/mol. The lowest BCUT2D eigenvalue weighted by Crippen LogP contribution is -2.40. The lowest BCUT2D eigenvalue weighted by Gasteiger charge is -2.38. The van der Waals surface area contributed by atoms with E-state index in [1.54, 1.807) is 0 Å². The van der Waals surface area contributed by atoms with Crippen LogP contribution >= 0.6 is 0 Å². The van der Waals surface area contributed by atoms with Crippen LogP contribution in [0.2, 0.25) is 0 Å². The summed E-state index contributed by atoms with van der Waals surface area (Å²) in [5, 5.41) is 11.5. The van der Waals surface area contributed by atoms with Crippen LogP contribution in [0, 0.1) is 0 Å². The van der Waals surface area contributed by atoms with Crippen molar-refractivity contribution in [1.82, 2.24) is 25.2 Å². The summed E-state index contributed by atoms with van der Waals surface area (Å²) in [4.78, 5) is 6.34. The van der Waals surface area contributed by atoms with Gasteiger partial charge in [0.1, 0.15) is 0 Å². The van der Waals surface area contributed by atoms with Gasteiger partial charge < -0.3 is 10.6 Å². The quantitative estimate of drug-likeness (QED) is 0.336. The van der Waals surface area contributed by atoms with E-state index < -0.39 is 59.3 Å². The number of nitrogens with zero attached hydrogens (tertiary/aromatic N) is 6. The third-order valence-electron chi connectivity index (χ3n) is 7.16. The van der Waals surface area contributed by atoms with E-state index in [4.69, 9.17) is 5.73 Å². The highest BCUT2D eigenvalue weighted by molar-refractivity contribution is 5.41. The molecule has 0 unspecified atom stereocenters. The normalized spacial score (nSPS) is 16.2. The van der Waals surface area contributed by atoms with E-state index in [0.717, 1.165) is 35.0 Å². The van der Waals surface area contributed by atoms with E-state index in [9.17, 15) is 39.5 Å². The summed E-state index contributed by atoms with van der Waals surface area (Å²) >= 11 is 0. The van der Waals surface area contributed by atoms with Gasteiger partial charge in [-0.1, -0.05) is 24.4 Å². The van der Waals surface area contributed by atoms with Gasteiger partial charge in [0, 0.05) is 31.2 Å². The Labute approximate surface area is 228 Å². The number of pyridine rings is 1. The van der Waals surface area contributed by atoms with Gasteiger partial charge in [0.15, 0.2) is 0 Å². The van der Waals surface area contributed by atoms with E-state index in [2.05, 4.69) is 20.4 Å². The molecule has 0 spiro atoms. The molecule has 2 aromatic heterocycles. The SMILES string of the molecule is Cn1nnc(N(Cc2cc(C(F)(F)F)cc(C(F)(F)F)c2)Cc2cc(C(F)(F)F)cnc2C2(CN)CCCCC2)n1. The molecule has 1 saturated carbocycles. The number of benzene rings is 1. The number of anilines is 1. The third kappa shape index (κ3) is 6.90. The average Bonchev–Trinajstić information content (AvgIpc) is 3.33. The molecular weight excluding hydrogens is 569 g/mol. The molecule has 0 atom stereocenters. The molecule has 2 heterocycles. The summed E-state index contributed by atoms with van der Waals surface area (Å²) in [7, 11) is 1.38. The van der Waals surface area contributed by atoms with Crippen LogP contribution in [0.4, 0.5) is 45.5 Å². The smallest absolute Gasteiger partial charge is 0.330 e. The second kappa shape index (κ2) is 11.1. The molecule has 16 heteroatoms. The molecule has 1 fully saturated rings. The number of halogens is 9. The van der Waals surface area contributed by atoms with Gasteiger partial charge in [0.25, 0.3) is 5.95 Å². The number of rotatable bonds is 7. The van der Waals surface area contributed by atoms with Gasteiger partial charge in [-0.3, -0.25) is 4.98 Å². The Balaban J connectivity index is 1.84. The molecule has 1 aliphatic rings. The van der Waals surface area contributed by atoms with Crippen LogP contribution in [-0.4, -0.2) is 31.7 Å². The van der Waals surface area contributed by atoms with Crippen molar-refractivity contribution in [2.75, 3.05) is 11.4 Å². The predicted octanol–water partition coefficient (Wildman–Crippen LogP) is 6.03. The molecule has 0 amide bonds. The van der Waals surface area contributed by atoms with Gasteiger partial charge in [0.2, 0.25) is 0 Å². The largest absolute Gasteiger partial charge is 0.417 e. The molecule has 7 nitrogen and oxygen atoms in total. The number of tetrazole rings is 1. The van der Waals surface area contributed by atoms with Crippen LogP contribution in [0.1, 0.15) is 65.6 Å². The number of hydrogen-bond acceptors (Lipinski definition) is 6. The van der Waals surface area contributed by atoms with Crippen molar-refractivity contribution in [2.45, 2.75) is 69.1 Å². The van der Waals surface area contributed by atoms with Crippen molar-refractivity contribution in [3.63, 3.8) is 0 Å². The van der Waals surface area contributed by atoms with Crippen LogP contribution in [0.25, 0.3) is 0 Å². The standard InChI is InChI=1S/C25H26F9N7/c1-40-38-21(37-39-40)41(12-15-7-17(23(26,27)28)10-18(8-15)24(29,30)31)13-16-9-19(25(32,33)34)11-36-20(16)22(14-35)5-3-2-4-6-22/h7-11H,2-6,12-14,35H2,1H3. The van der Waals surface area contributed by atoms with Crippen molar-refractivity contribution in [3.8, 4) is 0 Å². The average molecular weight is 596 g/mol. The molecule has 41 heavy (non-hydrogen) atoms. The van der Waals surface area contributed by atoms with Gasteiger partial charge in [-0.25, -0.2) is 0 Å². The van der Waals surface area contributed by atoms with E-state index in [1.807, 2.05) is 0 Å². The molecule has 1 aromatic carbocycles. The van der Waals surface area contributed by atoms with Gasteiger partial charge in [0.05, 0.1) is 29.4 Å². The number of nitrogens with two attached hydrogens (primary N) is 1. The van der Waals surface area contributed by atoms with E-state index in [1.165, 1.54) is 7.05 Å². The summed E-state index contributed by atoms with van der Waals surface area (Å²) < 4.78 is 122. The molecule has 3 aromatic rings. The molecular formula is C25H26F9N7. The highest BCUT2D eigenvalue weighted by atomic mass is 19.4. The Hall–Kier alpha value is -3.43. The van der Waals surface area contributed by atoms with Crippen molar-refractivity contribution in [1.29, 1.82) is 0 Å². The Morgan fingerprint density at radius 2 is 1.41 bits per heavy atom. The van der Waals surface area contributed by atoms with E-state index in [-0.39, 0.29) is 24.1 Å². The first kappa shape index (κ1) is 30.5. The van der Waals surface area contributed by atoms with E-state index in [0.29, 0.717) is 36.9 Å². The molecule has 0 aliphatic heterocycles. The molecule has 1 aliphatic carbocycles. The minimum Gasteiger partial charge on any atom is -0.330 e. The minimum atomic E-state index is -5.09. The summed E-state index contributed by atoms with van der Waals surface area (Å²) in [5.74, 6) is -0.215. The molecule has 4 rings (SSSR count). The van der Waals surface area contributed by atoms with Crippen LogP contribution in [0.15, 0.2) is 30.5 Å². The van der Waals surface area contributed by atoms with Crippen molar-refractivity contribution < 1.29 is 39.5 Å². The third-order valence-corrected chi connectivity index (χ3v) is 7.16. The van der Waals surface area contributed by atoms with Crippen LogP contribution in [0.5, 0.6) is 0 Å². The Morgan fingerprint density at radius 1 is 0.829 bits per heavy atom. The summed E-state index contributed by atoms with van der Waals surface area (Å²) in [5.41, 5.74) is 1.19. The second-order valence-electron chi connectivity index (χ2n) is 10.1. The lowest BCUT2D eigenvalue weighted by molar-refractivity contribution is -0.143. The number of hydrogen-bond donors (Lipinski definition) is 1. The van der Waals surface area contributed by atoms with Crippen molar-refractivity contribution in [2.24, 2.45) is 12.8 Å². The Morgan fingerprint density at radius 3 is 1.90 bits per heavy atom. The number of aromatic nitrogens is 5. The Kier molecular flexibility index (Phi) is 8.26. The van der Waals surface area contributed by atoms with Crippen LogP contribution in [-0.2, 0) is 44.1 Å². The van der Waals surface area contributed by atoms with Crippen molar-refractivity contribution >= 4 is 5.95 Å². The number of aryl methyl sites for hydroxylation is 1. The fourth-order valence-electron chi connectivity index (χ4n) is 5.16. The number of alkyl halides is 9. The highest BCUT2D eigenvalue weighted by Gasteiger charge is 2.40. The zero-order valence-electron chi connectivity index (χ0n) is 21.7. The van der Waals surface area contributed by atoms with Gasteiger partial charge in [-0.2, -0.15) is 44.3 Å². The zero-order valence-corrected chi connectivity index (χ0v) is 21.7. The Bertz CT molecular complexity index is 1320. The highest BCUT2D eigenvalue weighted by Crippen LogP contribution is 2.42. The summed E-state index contributed by atoms with van der Waals surface area (Å²) in [6.45, 7) is -0.939. The molecule has 224 valence electrons. The minimum absolute atomic E-state index is 0.00266. The molecule has 2 N–H and O–H groups in total. The lowest BCUT2D eigenvalue weighted by atomic mass is 9.70. The maximum absolute atomic E-state index is 13.7. The van der Waals surface area contributed by atoms with Crippen LogP contribution < -0.4 is 10.6 Å². The second-order valence-corrected chi connectivity index (χ2v) is 10.1. The van der Waals surface area contributed by atoms with E-state index >= 15 is 0 Å². The first-order valence-corrected chi connectivity index (χ1v) is 12.6. The van der Waals surface area contributed by atoms with Crippen molar-refractivity contribution in [3.05, 3.63) is 64.0 Å². The maximum atomic E-state index is 13.7. The van der Waals surface area contributed by atoms with Gasteiger partial charge in [-0.05, 0) is 53.4 Å². The summed E-state index contributed by atoms with van der Waals surface area (Å²) in [6, 6.07) is 1.97. The zero-order chi connectivity index (χ0) is 30.2. The first-order chi connectivity index (χ1) is 19.0. The fourth-order valence-corrected chi connectivity index (χ4v) is 5.16. The summed E-state index contributed by atoms with van der Waals surface area (Å²) in [6.07, 6.45) is -10.7. The van der Waals surface area contributed by atoms with Gasteiger partial charge in [-0.15, -0.1) is 5.10 Å².